The van der Waals surface area contributed by atoms with Gasteiger partial charge < -0.3 is 16.9 Å². The molecule has 0 unspecified atom stereocenters. The maximum atomic E-state index is 3.78. The van der Waals surface area contributed by atoms with E-state index in [1.807, 2.05) is 18.2 Å². The van der Waals surface area contributed by atoms with E-state index in [2.05, 4.69) is 33.1 Å². The highest BCUT2D eigenvalue weighted by Gasteiger charge is 2.04. The van der Waals surface area contributed by atoms with Crippen molar-refractivity contribution in [2.45, 2.75) is 84.0 Å². The first kappa shape index (κ1) is 26.6. The van der Waals surface area contributed by atoms with E-state index >= 15 is 0 Å². The van der Waals surface area contributed by atoms with Crippen molar-refractivity contribution in [3.8, 4) is 0 Å². The lowest BCUT2D eigenvalue weighted by atomic mass is 10.1. The van der Waals surface area contributed by atoms with Crippen molar-refractivity contribution in [1.29, 1.82) is 0 Å². The molecule has 0 bridgehead atoms. The van der Waals surface area contributed by atoms with Crippen LogP contribution < -0.4 is 12.4 Å². The number of pyridine rings is 1. The van der Waals surface area contributed by atoms with E-state index in [0.717, 1.165) is 4.48 Å². The molecule has 148 valence electrons. The summed E-state index contributed by atoms with van der Waals surface area (Å²) in [7, 11) is 6.87. The van der Waals surface area contributed by atoms with Crippen molar-refractivity contribution in [3.05, 3.63) is 30.6 Å². The molecule has 1 aromatic heterocycles. The van der Waals surface area contributed by atoms with Crippen LogP contribution in [0.15, 0.2) is 30.6 Å². The molecule has 3 heteroatoms. The van der Waals surface area contributed by atoms with Crippen LogP contribution in [-0.4, -0.2) is 37.2 Å². The Bertz CT molecular complexity index is 309. The van der Waals surface area contributed by atoms with Crippen molar-refractivity contribution in [2.24, 2.45) is 0 Å². The molecule has 0 saturated carbocycles. The van der Waals surface area contributed by atoms with Crippen LogP contribution in [0.1, 0.15) is 84.0 Å². The third-order valence-electron chi connectivity index (χ3n) is 4.25. The molecule has 2 nitrogen and oxygen atoms in total. The summed E-state index contributed by atoms with van der Waals surface area (Å²) in [5.41, 5.74) is 0. The van der Waals surface area contributed by atoms with Crippen molar-refractivity contribution < 1.29 is 16.9 Å². The minimum atomic E-state index is 0. The highest BCUT2D eigenvalue weighted by atomic mass is 35.5. The fourth-order valence-electron chi connectivity index (χ4n) is 2.74. The van der Waals surface area contributed by atoms with Crippen LogP contribution in [0.5, 0.6) is 0 Å². The predicted molar refractivity (Wildman–Crippen MR) is 108 cm³/mol. The number of rotatable bonds is 13. The Labute approximate surface area is 164 Å². The van der Waals surface area contributed by atoms with Gasteiger partial charge in [0.2, 0.25) is 0 Å². The zero-order chi connectivity index (χ0) is 17.9. The summed E-state index contributed by atoms with van der Waals surface area (Å²) in [6.07, 6.45) is 20.9. The van der Waals surface area contributed by atoms with Gasteiger partial charge in [0.15, 0.2) is 0 Å². The summed E-state index contributed by atoms with van der Waals surface area (Å²) in [5.74, 6) is 0. The Kier molecular flexibility index (Phi) is 21.0. The molecule has 1 aromatic rings. The smallest absolute Gasteiger partial charge is 0.0780 e. The van der Waals surface area contributed by atoms with Gasteiger partial charge in [-0.3, -0.25) is 4.98 Å². The van der Waals surface area contributed by atoms with Crippen LogP contribution in [0, 0.1) is 0 Å². The summed E-state index contributed by atoms with van der Waals surface area (Å²) in [5, 5.41) is 0. The monoisotopic (exact) mass is 370 g/mol. The van der Waals surface area contributed by atoms with E-state index in [-0.39, 0.29) is 12.4 Å². The molecule has 0 amide bonds. The van der Waals surface area contributed by atoms with E-state index < -0.39 is 0 Å². The molecular formula is C22H43ClN2. The molecule has 0 aliphatic rings. The van der Waals surface area contributed by atoms with Crippen LogP contribution >= 0.6 is 0 Å². The van der Waals surface area contributed by atoms with Crippen molar-refractivity contribution in [3.63, 3.8) is 0 Å². The van der Waals surface area contributed by atoms with Gasteiger partial charge in [0.05, 0.1) is 27.7 Å². The normalized spacial score (nSPS) is 10.6. The molecule has 1 rings (SSSR count). The highest BCUT2D eigenvalue weighted by Crippen LogP contribution is 2.12. The van der Waals surface area contributed by atoms with Gasteiger partial charge in [0.1, 0.15) is 0 Å². The lowest BCUT2D eigenvalue weighted by molar-refractivity contribution is -0.870. The minimum Gasteiger partial charge on any atom is -1.00 e. The van der Waals surface area contributed by atoms with Gasteiger partial charge >= 0.3 is 0 Å². The van der Waals surface area contributed by atoms with E-state index in [1.165, 1.54) is 83.6 Å². The zero-order valence-electron chi connectivity index (χ0n) is 17.4. The second-order valence-electron chi connectivity index (χ2n) is 7.93. The molecule has 0 aliphatic carbocycles. The van der Waals surface area contributed by atoms with Gasteiger partial charge in [0.25, 0.3) is 0 Å². The summed E-state index contributed by atoms with van der Waals surface area (Å²) in [6.45, 7) is 3.62. The summed E-state index contributed by atoms with van der Waals surface area (Å²) in [4.78, 5) is 3.78. The molecule has 25 heavy (non-hydrogen) atoms. The van der Waals surface area contributed by atoms with Gasteiger partial charge in [0, 0.05) is 12.4 Å². The molecule has 0 radical (unpaired) electrons. The Hall–Kier alpha value is -0.600. The number of unbranched alkanes of at least 4 members (excludes halogenated alkanes) is 11. The van der Waals surface area contributed by atoms with Crippen LogP contribution in [0.3, 0.4) is 0 Å². The number of hydrogen-bond donors (Lipinski definition) is 0. The van der Waals surface area contributed by atoms with Crippen molar-refractivity contribution in [2.75, 3.05) is 27.7 Å². The first-order valence-electron chi connectivity index (χ1n) is 10.2. The Morgan fingerprint density at radius 3 is 1.28 bits per heavy atom. The number of aromatic nitrogens is 1. The maximum absolute atomic E-state index is 3.78. The average Bonchev–Trinajstić information content (AvgIpc) is 2.57. The third kappa shape index (κ3) is 25.8. The van der Waals surface area contributed by atoms with E-state index in [4.69, 9.17) is 0 Å². The van der Waals surface area contributed by atoms with Crippen molar-refractivity contribution >= 4 is 0 Å². The van der Waals surface area contributed by atoms with E-state index in [0.29, 0.717) is 0 Å². The number of nitrogens with zero attached hydrogens (tertiary/aromatic N) is 2. The van der Waals surface area contributed by atoms with Crippen LogP contribution in [0.4, 0.5) is 0 Å². The third-order valence-corrected chi connectivity index (χ3v) is 4.25. The second-order valence-corrected chi connectivity index (χ2v) is 7.93. The fourth-order valence-corrected chi connectivity index (χ4v) is 2.74. The van der Waals surface area contributed by atoms with Crippen molar-refractivity contribution in [1.82, 2.24) is 4.98 Å². The Balaban J connectivity index is 0. The zero-order valence-corrected chi connectivity index (χ0v) is 18.1. The topological polar surface area (TPSA) is 12.9 Å². The summed E-state index contributed by atoms with van der Waals surface area (Å²) >= 11 is 0. The molecular weight excluding hydrogens is 328 g/mol. The molecule has 0 aromatic carbocycles. The average molecular weight is 371 g/mol. The van der Waals surface area contributed by atoms with Crippen LogP contribution in [0.2, 0.25) is 0 Å². The Morgan fingerprint density at radius 2 is 1.00 bits per heavy atom. The molecule has 0 atom stereocenters. The molecule has 0 fully saturated rings. The number of hydrogen-bond acceptors (Lipinski definition) is 1. The van der Waals surface area contributed by atoms with Gasteiger partial charge in [-0.2, -0.15) is 0 Å². The quantitative estimate of drug-likeness (QED) is 0.382. The highest BCUT2D eigenvalue weighted by molar-refractivity contribution is 4.88. The van der Waals surface area contributed by atoms with Gasteiger partial charge in [-0.05, 0) is 25.0 Å². The van der Waals surface area contributed by atoms with Crippen LogP contribution in [0.25, 0.3) is 0 Å². The van der Waals surface area contributed by atoms with E-state index in [9.17, 15) is 0 Å². The number of halogens is 1. The molecule has 1 heterocycles. The largest absolute Gasteiger partial charge is 1.00 e. The lowest BCUT2D eigenvalue weighted by Crippen LogP contribution is -3.00. The molecule has 0 aliphatic heterocycles. The fraction of sp³-hybridized carbons (Fsp3) is 0.773. The summed E-state index contributed by atoms with van der Waals surface area (Å²) < 4.78 is 1.12. The van der Waals surface area contributed by atoms with Crippen LogP contribution in [-0.2, 0) is 0 Å². The first-order valence-corrected chi connectivity index (χ1v) is 10.2. The predicted octanol–water partition coefficient (Wildman–Crippen LogP) is 3.48. The second kappa shape index (κ2) is 19.7. The van der Waals surface area contributed by atoms with E-state index in [1.54, 1.807) is 12.4 Å². The molecule has 0 N–H and O–H groups in total. The van der Waals surface area contributed by atoms with Gasteiger partial charge in [-0.25, -0.2) is 0 Å². The van der Waals surface area contributed by atoms with Gasteiger partial charge in [-0.1, -0.05) is 77.2 Å². The molecule has 0 spiro atoms. The summed E-state index contributed by atoms with van der Waals surface area (Å²) in [6, 6.07) is 5.72. The minimum absolute atomic E-state index is 0. The maximum Gasteiger partial charge on any atom is 0.0780 e. The number of quaternary nitrogens is 1. The standard InChI is InChI=1S/C17H38N.C5H5N.ClH/c1-5-6-7-8-9-10-11-12-13-14-15-16-17-18(2,3)4;1-2-4-6-5-3-1;/h5-17H2,1-4H3;1-5H;1H/q+1;;/p-1. The lowest BCUT2D eigenvalue weighted by Gasteiger charge is -2.23. The molecule has 0 saturated heterocycles. The Morgan fingerprint density at radius 1 is 0.600 bits per heavy atom. The van der Waals surface area contributed by atoms with Gasteiger partial charge in [-0.15, -0.1) is 0 Å². The first-order chi connectivity index (χ1) is 11.6. The SMILES string of the molecule is CCCCCCCCCCCCCC[N+](C)(C)C.[Cl-].c1ccncc1.